The van der Waals surface area contributed by atoms with Crippen LogP contribution in [0.4, 0.5) is 0 Å². The highest BCUT2D eigenvalue weighted by Crippen LogP contribution is 2.18. The van der Waals surface area contributed by atoms with Gasteiger partial charge in [-0.05, 0) is 26.0 Å². The summed E-state index contributed by atoms with van der Waals surface area (Å²) >= 11 is 0. The minimum atomic E-state index is -0.258. The van der Waals surface area contributed by atoms with E-state index in [0.29, 0.717) is 18.8 Å². The molecule has 1 aromatic heterocycles. The van der Waals surface area contributed by atoms with E-state index in [-0.39, 0.29) is 11.8 Å². The van der Waals surface area contributed by atoms with Crippen LogP contribution in [-0.2, 0) is 9.59 Å². The van der Waals surface area contributed by atoms with E-state index >= 15 is 0 Å². The van der Waals surface area contributed by atoms with E-state index in [2.05, 4.69) is 16.1 Å². The van der Waals surface area contributed by atoms with Gasteiger partial charge in [0.2, 0.25) is 5.91 Å². The highest BCUT2D eigenvalue weighted by Gasteiger charge is 2.28. The summed E-state index contributed by atoms with van der Waals surface area (Å²) in [4.78, 5) is 27.9. The molecule has 3 rings (SSSR count). The number of hydrazine groups is 1. The van der Waals surface area contributed by atoms with Crippen LogP contribution in [0.2, 0.25) is 0 Å². The fourth-order valence-electron chi connectivity index (χ4n) is 2.71. The topological polar surface area (TPSA) is 71.3 Å². The normalized spacial score (nSPS) is 14.9. The van der Waals surface area contributed by atoms with Crippen molar-refractivity contribution in [3.8, 4) is 11.4 Å². The molecule has 0 aliphatic carbocycles. The zero-order valence-corrected chi connectivity index (χ0v) is 13.9. The molecule has 1 aliphatic heterocycles. The maximum atomic E-state index is 12.1. The van der Waals surface area contributed by atoms with Crippen LogP contribution < -0.4 is 0 Å². The number of aryl methyl sites for hydroxylation is 2. The Morgan fingerprint density at radius 2 is 1.92 bits per heavy atom. The zero-order chi connectivity index (χ0) is 17.3. The number of aromatic nitrogens is 3. The van der Waals surface area contributed by atoms with E-state index in [9.17, 15) is 9.59 Å². The van der Waals surface area contributed by atoms with Crippen molar-refractivity contribution in [3.05, 3.63) is 41.7 Å². The van der Waals surface area contributed by atoms with Gasteiger partial charge in [0, 0.05) is 31.3 Å². The van der Waals surface area contributed by atoms with E-state index in [1.807, 2.05) is 26.0 Å². The monoisotopic (exact) mass is 325 g/mol. The van der Waals surface area contributed by atoms with Gasteiger partial charge in [-0.3, -0.25) is 14.6 Å². The average molecular weight is 325 g/mol. The lowest BCUT2D eigenvalue weighted by Crippen LogP contribution is -2.39. The van der Waals surface area contributed by atoms with E-state index < -0.39 is 0 Å². The molecule has 24 heavy (non-hydrogen) atoms. The molecule has 1 fully saturated rings. The number of nitrogens with zero attached hydrogens (tertiary/aromatic N) is 5. The van der Waals surface area contributed by atoms with E-state index in [1.165, 1.54) is 27.0 Å². The molecule has 1 aliphatic rings. The van der Waals surface area contributed by atoms with Gasteiger partial charge in [-0.2, -0.15) is 0 Å². The Bertz CT molecular complexity index is 804. The van der Waals surface area contributed by atoms with Gasteiger partial charge >= 0.3 is 0 Å². The summed E-state index contributed by atoms with van der Waals surface area (Å²) in [6, 6.07) is 6.13. The molecule has 0 spiro atoms. The molecule has 0 N–H and O–H groups in total. The van der Waals surface area contributed by atoms with Crippen LogP contribution in [0.15, 0.2) is 30.6 Å². The Kier molecular flexibility index (Phi) is 4.16. The van der Waals surface area contributed by atoms with Gasteiger partial charge in [0.25, 0.3) is 5.91 Å². The molecule has 0 bridgehead atoms. The third-order valence-electron chi connectivity index (χ3n) is 3.87. The summed E-state index contributed by atoms with van der Waals surface area (Å²) in [6.07, 6.45) is 4.83. The van der Waals surface area contributed by atoms with Gasteiger partial charge in [0.05, 0.1) is 6.54 Å². The number of carbonyl (C=O) groups excluding carboxylic acids is 2. The van der Waals surface area contributed by atoms with Crippen molar-refractivity contribution in [2.75, 3.05) is 13.6 Å². The fourth-order valence-corrected chi connectivity index (χ4v) is 2.71. The number of amides is 2. The first-order valence-electron chi connectivity index (χ1n) is 7.70. The third kappa shape index (κ3) is 3.19. The number of rotatable bonds is 3. The second kappa shape index (κ2) is 6.27. The quantitative estimate of drug-likeness (QED) is 0.804. The Balaban J connectivity index is 1.74. The van der Waals surface area contributed by atoms with Crippen LogP contribution in [0.1, 0.15) is 17.5 Å². The predicted octanol–water partition coefficient (Wildman–Crippen LogP) is 1.64. The Hall–Kier alpha value is -2.96. The van der Waals surface area contributed by atoms with Crippen molar-refractivity contribution >= 4 is 18.0 Å². The fraction of sp³-hybridized carbons (Fsp3) is 0.294. The van der Waals surface area contributed by atoms with Gasteiger partial charge in [0.1, 0.15) is 6.33 Å². The van der Waals surface area contributed by atoms with E-state index in [1.54, 1.807) is 13.4 Å². The van der Waals surface area contributed by atoms with Gasteiger partial charge in [-0.25, -0.2) is 14.7 Å². The summed E-state index contributed by atoms with van der Waals surface area (Å²) in [6.45, 7) is 4.46. The van der Waals surface area contributed by atoms with Crippen LogP contribution in [0, 0.1) is 13.8 Å². The van der Waals surface area contributed by atoms with Gasteiger partial charge in [-0.1, -0.05) is 17.2 Å². The summed E-state index contributed by atoms with van der Waals surface area (Å²) in [5.74, 6) is 0.286. The summed E-state index contributed by atoms with van der Waals surface area (Å²) in [5.41, 5.74) is 3.23. The molecule has 0 radical (unpaired) electrons. The molecule has 0 saturated carbocycles. The van der Waals surface area contributed by atoms with Crippen molar-refractivity contribution in [3.63, 3.8) is 0 Å². The molecule has 1 saturated heterocycles. The number of carbonyl (C=O) groups is 2. The van der Waals surface area contributed by atoms with Gasteiger partial charge in [-0.15, -0.1) is 5.10 Å². The molecule has 2 aromatic rings. The zero-order valence-electron chi connectivity index (χ0n) is 13.9. The van der Waals surface area contributed by atoms with Crippen molar-refractivity contribution in [2.24, 2.45) is 0 Å². The maximum Gasteiger partial charge on any atom is 0.266 e. The number of hydrogen-bond acceptors (Lipinski definition) is 4. The number of hydrogen-bond donors (Lipinski definition) is 0. The summed E-state index contributed by atoms with van der Waals surface area (Å²) in [5, 5.41) is 7.11. The second-order valence-electron chi connectivity index (χ2n) is 5.87. The number of benzene rings is 1. The molecule has 7 nitrogen and oxygen atoms in total. The smallest absolute Gasteiger partial charge is 0.266 e. The summed E-state index contributed by atoms with van der Waals surface area (Å²) in [7, 11) is 1.59. The van der Waals surface area contributed by atoms with Crippen LogP contribution in [0.3, 0.4) is 0 Å². The third-order valence-corrected chi connectivity index (χ3v) is 3.87. The Morgan fingerprint density at radius 3 is 2.54 bits per heavy atom. The van der Waals surface area contributed by atoms with Gasteiger partial charge < -0.3 is 0 Å². The van der Waals surface area contributed by atoms with E-state index in [0.717, 1.165) is 16.7 Å². The molecule has 7 heteroatoms. The van der Waals surface area contributed by atoms with Crippen LogP contribution in [0.25, 0.3) is 17.6 Å². The molecule has 124 valence electrons. The maximum absolute atomic E-state index is 12.1. The van der Waals surface area contributed by atoms with Gasteiger partial charge in [0.15, 0.2) is 5.82 Å². The first-order chi connectivity index (χ1) is 11.4. The Morgan fingerprint density at radius 1 is 1.21 bits per heavy atom. The molecule has 0 atom stereocenters. The molecule has 2 heterocycles. The van der Waals surface area contributed by atoms with Crippen molar-refractivity contribution in [1.29, 1.82) is 0 Å². The largest absolute Gasteiger partial charge is 0.273 e. The molecular formula is C17H19N5O2. The minimum absolute atomic E-state index is 0.0605. The highest BCUT2D eigenvalue weighted by molar-refractivity contribution is 5.93. The molecule has 2 amide bonds. The van der Waals surface area contributed by atoms with Crippen LogP contribution >= 0.6 is 0 Å². The standard InChI is InChI=1S/C17H19N5O2/c1-12-8-13(2)10-14(9-12)17-18-11-21(19-17)6-4-16(24)22-7-5-15(23)20(22)3/h4,6,8-11H,5,7H2,1-3H3/b6-4-. The molecule has 0 unspecified atom stereocenters. The van der Waals surface area contributed by atoms with Crippen molar-refractivity contribution in [1.82, 2.24) is 24.8 Å². The molecular weight excluding hydrogens is 306 g/mol. The SMILES string of the molecule is Cc1cc(C)cc(-c2ncn(/C=C\C(=O)N3CCC(=O)N3C)n2)c1. The van der Waals surface area contributed by atoms with Crippen LogP contribution in [-0.4, -0.2) is 50.2 Å². The van der Waals surface area contributed by atoms with Crippen LogP contribution in [0.5, 0.6) is 0 Å². The highest BCUT2D eigenvalue weighted by atomic mass is 16.2. The minimum Gasteiger partial charge on any atom is -0.273 e. The molecule has 1 aromatic carbocycles. The van der Waals surface area contributed by atoms with E-state index in [4.69, 9.17) is 0 Å². The van der Waals surface area contributed by atoms with Crippen molar-refractivity contribution < 1.29 is 9.59 Å². The predicted molar refractivity (Wildman–Crippen MR) is 89.4 cm³/mol. The first kappa shape index (κ1) is 15.9. The Labute approximate surface area is 140 Å². The van der Waals surface area contributed by atoms with Crippen molar-refractivity contribution in [2.45, 2.75) is 20.3 Å². The second-order valence-corrected chi connectivity index (χ2v) is 5.87. The lowest BCUT2D eigenvalue weighted by Gasteiger charge is -2.22. The average Bonchev–Trinajstić information content (AvgIpc) is 3.12. The summed E-state index contributed by atoms with van der Waals surface area (Å²) < 4.78 is 1.49. The lowest BCUT2D eigenvalue weighted by atomic mass is 10.1. The lowest BCUT2D eigenvalue weighted by molar-refractivity contribution is -0.147. The first-order valence-corrected chi connectivity index (χ1v) is 7.70.